The van der Waals surface area contributed by atoms with Gasteiger partial charge in [0.2, 0.25) is 0 Å². The van der Waals surface area contributed by atoms with E-state index in [1.54, 1.807) is 4.31 Å². The Hall–Kier alpha value is -0.590. The SMILES string of the molecule is Cc1ccc(Br)c(NS(=O)(=O)N2CCCCC2C)c1. The zero-order chi connectivity index (χ0) is 14.0. The summed E-state index contributed by atoms with van der Waals surface area (Å²) in [6.45, 7) is 4.50. The lowest BCUT2D eigenvalue weighted by molar-refractivity contribution is 0.270. The zero-order valence-electron chi connectivity index (χ0n) is 11.2. The molecule has 1 aliphatic rings. The van der Waals surface area contributed by atoms with Gasteiger partial charge in [-0.1, -0.05) is 12.5 Å². The third-order valence-corrected chi connectivity index (χ3v) is 5.74. The molecule has 0 spiro atoms. The summed E-state index contributed by atoms with van der Waals surface area (Å²) < 4.78 is 29.8. The van der Waals surface area contributed by atoms with E-state index in [4.69, 9.17) is 0 Å². The number of piperidine rings is 1. The molecule has 6 heteroatoms. The largest absolute Gasteiger partial charge is 0.301 e. The van der Waals surface area contributed by atoms with Crippen LogP contribution in [0.3, 0.4) is 0 Å². The highest BCUT2D eigenvalue weighted by Crippen LogP contribution is 2.27. The van der Waals surface area contributed by atoms with E-state index in [2.05, 4.69) is 20.7 Å². The van der Waals surface area contributed by atoms with Crippen LogP contribution in [0.5, 0.6) is 0 Å². The maximum Gasteiger partial charge on any atom is 0.301 e. The molecule has 1 unspecified atom stereocenters. The molecule has 19 heavy (non-hydrogen) atoms. The Bertz CT molecular complexity index is 560. The first-order valence-corrected chi connectivity index (χ1v) is 8.69. The molecule has 106 valence electrons. The summed E-state index contributed by atoms with van der Waals surface area (Å²) in [6.07, 6.45) is 2.96. The molecule has 1 saturated heterocycles. The molecule has 0 aliphatic carbocycles. The monoisotopic (exact) mass is 346 g/mol. The van der Waals surface area contributed by atoms with E-state index in [9.17, 15) is 8.42 Å². The van der Waals surface area contributed by atoms with Crippen molar-refractivity contribution in [2.24, 2.45) is 0 Å². The maximum atomic E-state index is 12.4. The third kappa shape index (κ3) is 3.49. The Morgan fingerprint density at radius 3 is 2.79 bits per heavy atom. The molecule has 0 saturated carbocycles. The average Bonchev–Trinajstić information content (AvgIpc) is 2.34. The van der Waals surface area contributed by atoms with E-state index in [0.29, 0.717) is 12.2 Å². The normalized spacial score (nSPS) is 21.3. The number of aryl methyl sites for hydroxylation is 1. The summed E-state index contributed by atoms with van der Waals surface area (Å²) in [5.41, 5.74) is 1.62. The van der Waals surface area contributed by atoms with Crippen molar-refractivity contribution in [2.75, 3.05) is 11.3 Å². The molecule has 1 atom stereocenters. The molecule has 0 radical (unpaired) electrons. The van der Waals surface area contributed by atoms with Crippen molar-refractivity contribution in [1.82, 2.24) is 4.31 Å². The van der Waals surface area contributed by atoms with Crippen LogP contribution in [0.15, 0.2) is 22.7 Å². The summed E-state index contributed by atoms with van der Waals surface area (Å²) >= 11 is 3.38. The first-order chi connectivity index (χ1) is 8.90. The van der Waals surface area contributed by atoms with E-state index in [-0.39, 0.29) is 6.04 Å². The number of hydrogen-bond donors (Lipinski definition) is 1. The highest BCUT2D eigenvalue weighted by Gasteiger charge is 2.29. The van der Waals surface area contributed by atoms with Crippen LogP contribution in [0.25, 0.3) is 0 Å². The fourth-order valence-electron chi connectivity index (χ4n) is 2.34. The summed E-state index contributed by atoms with van der Waals surface area (Å²) in [6, 6.07) is 5.68. The number of nitrogens with one attached hydrogen (secondary N) is 1. The van der Waals surface area contributed by atoms with E-state index in [1.165, 1.54) is 0 Å². The van der Waals surface area contributed by atoms with Gasteiger partial charge in [0.15, 0.2) is 0 Å². The van der Waals surface area contributed by atoms with Crippen LogP contribution in [-0.2, 0) is 10.2 Å². The maximum absolute atomic E-state index is 12.4. The second-order valence-corrected chi connectivity index (χ2v) is 7.52. The molecule has 1 N–H and O–H groups in total. The topological polar surface area (TPSA) is 49.4 Å². The summed E-state index contributed by atoms with van der Waals surface area (Å²) in [4.78, 5) is 0. The van der Waals surface area contributed by atoms with Gasteiger partial charge in [-0.3, -0.25) is 4.72 Å². The first-order valence-electron chi connectivity index (χ1n) is 6.46. The van der Waals surface area contributed by atoms with E-state index >= 15 is 0 Å². The summed E-state index contributed by atoms with van der Waals surface area (Å²) in [5, 5.41) is 0. The summed E-state index contributed by atoms with van der Waals surface area (Å²) in [7, 11) is -3.47. The molecular weight excluding hydrogens is 328 g/mol. The molecule has 0 bridgehead atoms. The number of anilines is 1. The van der Waals surface area contributed by atoms with Gasteiger partial charge in [-0.15, -0.1) is 0 Å². The van der Waals surface area contributed by atoms with Gasteiger partial charge in [0.05, 0.1) is 5.69 Å². The average molecular weight is 347 g/mol. The number of benzene rings is 1. The predicted octanol–water partition coefficient (Wildman–Crippen LogP) is 3.29. The van der Waals surface area contributed by atoms with Crippen LogP contribution in [0.2, 0.25) is 0 Å². The molecular formula is C13H19BrN2O2S. The van der Waals surface area contributed by atoms with Gasteiger partial charge in [0, 0.05) is 17.1 Å². The molecule has 4 nitrogen and oxygen atoms in total. The van der Waals surface area contributed by atoms with Crippen molar-refractivity contribution in [3.63, 3.8) is 0 Å². The zero-order valence-corrected chi connectivity index (χ0v) is 13.6. The highest BCUT2D eigenvalue weighted by atomic mass is 79.9. The van der Waals surface area contributed by atoms with Gasteiger partial charge >= 0.3 is 10.2 Å². The van der Waals surface area contributed by atoms with E-state index in [1.807, 2.05) is 32.0 Å². The van der Waals surface area contributed by atoms with Crippen molar-refractivity contribution in [3.05, 3.63) is 28.2 Å². The Labute approximate surface area is 123 Å². The van der Waals surface area contributed by atoms with Crippen molar-refractivity contribution in [3.8, 4) is 0 Å². The third-order valence-electron chi connectivity index (χ3n) is 3.41. The van der Waals surface area contributed by atoms with E-state index < -0.39 is 10.2 Å². The number of rotatable bonds is 3. The second kappa shape index (κ2) is 5.81. The fourth-order valence-corrected chi connectivity index (χ4v) is 4.33. The Balaban J connectivity index is 2.23. The molecule has 1 aromatic rings. The van der Waals surface area contributed by atoms with Crippen molar-refractivity contribution >= 4 is 31.8 Å². The molecule has 1 heterocycles. The minimum atomic E-state index is -3.47. The number of nitrogens with zero attached hydrogens (tertiary/aromatic N) is 1. The van der Waals surface area contributed by atoms with Gasteiger partial charge in [0.25, 0.3) is 0 Å². The van der Waals surface area contributed by atoms with Crippen LogP contribution in [0.1, 0.15) is 31.7 Å². The molecule has 1 fully saturated rings. The van der Waals surface area contributed by atoms with Gasteiger partial charge in [0.1, 0.15) is 0 Å². The lowest BCUT2D eigenvalue weighted by Crippen LogP contribution is -2.44. The Morgan fingerprint density at radius 1 is 1.37 bits per heavy atom. The standard InChI is InChI=1S/C13H19BrN2O2S/c1-10-6-7-12(14)13(9-10)15-19(17,18)16-8-4-3-5-11(16)2/h6-7,9,11,15H,3-5,8H2,1-2H3. The minimum absolute atomic E-state index is 0.0647. The van der Waals surface area contributed by atoms with Crippen LogP contribution < -0.4 is 4.72 Å². The molecule has 1 aliphatic heterocycles. The molecule has 0 aromatic heterocycles. The molecule has 0 amide bonds. The Kier molecular flexibility index (Phi) is 4.53. The van der Waals surface area contributed by atoms with Crippen LogP contribution in [0.4, 0.5) is 5.69 Å². The van der Waals surface area contributed by atoms with Gasteiger partial charge in [-0.05, 0) is 60.3 Å². The highest BCUT2D eigenvalue weighted by molar-refractivity contribution is 9.10. The van der Waals surface area contributed by atoms with E-state index in [0.717, 1.165) is 29.3 Å². The van der Waals surface area contributed by atoms with Crippen molar-refractivity contribution < 1.29 is 8.42 Å². The lowest BCUT2D eigenvalue weighted by Gasteiger charge is -2.32. The van der Waals surface area contributed by atoms with Gasteiger partial charge < -0.3 is 0 Å². The number of halogens is 1. The van der Waals surface area contributed by atoms with Crippen LogP contribution in [-0.4, -0.2) is 25.3 Å². The van der Waals surface area contributed by atoms with Crippen molar-refractivity contribution in [2.45, 2.75) is 39.2 Å². The van der Waals surface area contributed by atoms with Crippen molar-refractivity contribution in [1.29, 1.82) is 0 Å². The van der Waals surface area contributed by atoms with Crippen LogP contribution >= 0.6 is 15.9 Å². The second-order valence-electron chi connectivity index (χ2n) is 5.05. The fraction of sp³-hybridized carbons (Fsp3) is 0.538. The quantitative estimate of drug-likeness (QED) is 0.912. The minimum Gasteiger partial charge on any atom is -0.270 e. The molecule has 1 aromatic carbocycles. The predicted molar refractivity (Wildman–Crippen MR) is 81.4 cm³/mol. The number of hydrogen-bond acceptors (Lipinski definition) is 2. The summed E-state index contributed by atoms with van der Waals surface area (Å²) in [5.74, 6) is 0. The van der Waals surface area contributed by atoms with Crippen LogP contribution in [0, 0.1) is 6.92 Å². The first kappa shape index (κ1) is 14.8. The molecule has 2 rings (SSSR count). The smallest absolute Gasteiger partial charge is 0.270 e. The lowest BCUT2D eigenvalue weighted by atomic mass is 10.1. The van der Waals surface area contributed by atoms with Gasteiger partial charge in [-0.2, -0.15) is 12.7 Å². The van der Waals surface area contributed by atoms with Gasteiger partial charge in [-0.25, -0.2) is 0 Å². The Morgan fingerprint density at radius 2 is 2.11 bits per heavy atom.